The van der Waals surface area contributed by atoms with Gasteiger partial charge in [0.2, 0.25) is 9.84 Å². The molecule has 0 saturated carbocycles. The summed E-state index contributed by atoms with van der Waals surface area (Å²) in [6.45, 7) is 7.42. The summed E-state index contributed by atoms with van der Waals surface area (Å²) in [5.74, 6) is -0.371. The van der Waals surface area contributed by atoms with E-state index in [1.807, 2.05) is 24.3 Å². The highest BCUT2D eigenvalue weighted by molar-refractivity contribution is 7.91. The van der Waals surface area contributed by atoms with Crippen molar-refractivity contribution < 1.29 is 27.5 Å². The largest absolute Gasteiger partial charge is 0.423 e. The lowest BCUT2D eigenvalue weighted by molar-refractivity contribution is 0.0723. The molecule has 0 aliphatic carbocycles. The minimum Gasteiger partial charge on any atom is -0.423 e. The van der Waals surface area contributed by atoms with E-state index in [4.69, 9.17) is 9.47 Å². The third-order valence-electron chi connectivity index (χ3n) is 5.88. The number of rotatable bonds is 10. The number of carbonyl (C=O) groups excluding carboxylic acids is 2. The van der Waals surface area contributed by atoms with Crippen molar-refractivity contribution in [2.45, 2.75) is 22.6 Å². The van der Waals surface area contributed by atoms with Crippen LogP contribution >= 0.6 is 0 Å². The smallest absolute Gasteiger partial charge is 0.343 e. The summed E-state index contributed by atoms with van der Waals surface area (Å²) < 4.78 is 37.3. The van der Waals surface area contributed by atoms with E-state index in [9.17, 15) is 18.0 Å². The zero-order chi connectivity index (χ0) is 27.8. The van der Waals surface area contributed by atoms with Crippen molar-refractivity contribution in [3.63, 3.8) is 0 Å². The SMILES string of the molecule is C=CCc1ccccc1OC(=O)c1ccc(S(=O)(=O)c2ccc(C(=O)Oc3ccccc3CC=C)cc2)cc1. The number of carbonyl (C=O) groups is 2. The molecule has 0 atom stereocenters. The number of hydrogen-bond acceptors (Lipinski definition) is 6. The van der Waals surface area contributed by atoms with Gasteiger partial charge in [-0.25, -0.2) is 18.0 Å². The van der Waals surface area contributed by atoms with Gasteiger partial charge in [-0.05, 0) is 84.6 Å². The molecule has 7 heteroatoms. The molecule has 0 saturated heterocycles. The van der Waals surface area contributed by atoms with Crippen molar-refractivity contribution in [3.05, 3.63) is 145 Å². The van der Waals surface area contributed by atoms with Gasteiger partial charge in [-0.1, -0.05) is 48.6 Å². The fraction of sp³-hybridized carbons (Fsp3) is 0.0625. The highest BCUT2D eigenvalue weighted by Crippen LogP contribution is 2.25. The Labute approximate surface area is 227 Å². The second kappa shape index (κ2) is 12.2. The Morgan fingerprint density at radius 3 is 1.31 bits per heavy atom. The molecule has 0 aliphatic heterocycles. The number of ether oxygens (including phenoxy) is 2. The summed E-state index contributed by atoms with van der Waals surface area (Å²) in [5.41, 5.74) is 2.04. The Balaban J connectivity index is 1.47. The number of allylic oxidation sites excluding steroid dienone is 2. The van der Waals surface area contributed by atoms with Crippen LogP contribution in [0.15, 0.2) is 132 Å². The highest BCUT2D eigenvalue weighted by atomic mass is 32.2. The van der Waals surface area contributed by atoms with Crippen LogP contribution in [0.4, 0.5) is 0 Å². The van der Waals surface area contributed by atoms with Gasteiger partial charge in [-0.3, -0.25) is 0 Å². The molecular weight excluding hydrogens is 512 g/mol. The van der Waals surface area contributed by atoms with Gasteiger partial charge in [0.1, 0.15) is 11.5 Å². The molecule has 0 spiro atoms. The number of para-hydroxylation sites is 2. The molecule has 39 heavy (non-hydrogen) atoms. The van der Waals surface area contributed by atoms with E-state index < -0.39 is 21.8 Å². The molecule has 0 unspecified atom stereocenters. The molecule has 4 aromatic carbocycles. The molecule has 0 aromatic heterocycles. The van der Waals surface area contributed by atoms with Crippen molar-refractivity contribution in [2.24, 2.45) is 0 Å². The quantitative estimate of drug-likeness (QED) is 0.132. The maximum atomic E-state index is 13.2. The zero-order valence-electron chi connectivity index (χ0n) is 21.1. The van der Waals surface area contributed by atoms with E-state index in [1.165, 1.54) is 48.5 Å². The lowest BCUT2D eigenvalue weighted by Crippen LogP contribution is -2.11. The Bertz CT molecular complexity index is 1500. The first-order valence-electron chi connectivity index (χ1n) is 12.1. The number of sulfone groups is 1. The first-order valence-corrected chi connectivity index (χ1v) is 13.6. The molecule has 4 aromatic rings. The number of hydrogen-bond donors (Lipinski definition) is 0. The third kappa shape index (κ3) is 6.40. The molecule has 0 N–H and O–H groups in total. The van der Waals surface area contributed by atoms with E-state index in [1.54, 1.807) is 36.4 Å². The molecule has 4 rings (SSSR count). The lowest BCUT2D eigenvalue weighted by atomic mass is 10.1. The fourth-order valence-corrected chi connectivity index (χ4v) is 5.11. The van der Waals surface area contributed by atoms with Gasteiger partial charge < -0.3 is 9.47 Å². The van der Waals surface area contributed by atoms with Crippen LogP contribution in [-0.4, -0.2) is 20.4 Å². The highest BCUT2D eigenvalue weighted by Gasteiger charge is 2.20. The standard InChI is InChI=1S/C32H26O6S/c1-3-9-23-11-5-7-13-29(23)37-31(33)25-15-19-27(20-16-25)39(35,36)28-21-17-26(18-22-28)32(34)38-30-14-8-6-12-24(30)10-4-2/h3-8,11-22H,1-2,9-10H2. The predicted molar refractivity (Wildman–Crippen MR) is 149 cm³/mol. The topological polar surface area (TPSA) is 86.7 Å². The van der Waals surface area contributed by atoms with Crippen LogP contribution in [0.25, 0.3) is 0 Å². The van der Waals surface area contributed by atoms with E-state index >= 15 is 0 Å². The summed E-state index contributed by atoms with van der Waals surface area (Å²) in [6.07, 6.45) is 4.51. The van der Waals surface area contributed by atoms with Gasteiger partial charge in [0.05, 0.1) is 20.9 Å². The first kappa shape index (κ1) is 27.3. The van der Waals surface area contributed by atoms with Crippen molar-refractivity contribution in [1.82, 2.24) is 0 Å². The van der Waals surface area contributed by atoms with Gasteiger partial charge >= 0.3 is 11.9 Å². The van der Waals surface area contributed by atoms with Crippen LogP contribution in [0.1, 0.15) is 31.8 Å². The van der Waals surface area contributed by atoms with Gasteiger partial charge in [-0.2, -0.15) is 0 Å². The second-order valence-corrected chi connectivity index (χ2v) is 10.5. The fourth-order valence-electron chi connectivity index (χ4n) is 3.85. The van der Waals surface area contributed by atoms with Crippen LogP contribution in [0.5, 0.6) is 11.5 Å². The minimum atomic E-state index is -3.90. The molecular formula is C32H26O6S. The van der Waals surface area contributed by atoms with Crippen LogP contribution in [0, 0.1) is 0 Å². The predicted octanol–water partition coefficient (Wildman–Crippen LogP) is 6.41. The normalized spacial score (nSPS) is 10.9. The monoisotopic (exact) mass is 538 g/mol. The second-order valence-electron chi connectivity index (χ2n) is 8.53. The minimum absolute atomic E-state index is 0.000198. The average molecular weight is 539 g/mol. The molecule has 6 nitrogen and oxygen atoms in total. The first-order chi connectivity index (χ1) is 18.8. The molecule has 0 fully saturated rings. The van der Waals surface area contributed by atoms with Gasteiger partial charge in [0, 0.05) is 0 Å². The summed E-state index contributed by atoms with van der Waals surface area (Å²) in [6, 6.07) is 25.3. The Kier molecular flexibility index (Phi) is 8.53. The Morgan fingerprint density at radius 2 is 0.949 bits per heavy atom. The Morgan fingerprint density at radius 1 is 0.590 bits per heavy atom. The third-order valence-corrected chi connectivity index (χ3v) is 7.67. The maximum absolute atomic E-state index is 13.2. The number of esters is 2. The number of benzene rings is 4. The average Bonchev–Trinajstić information content (AvgIpc) is 2.95. The molecule has 0 amide bonds. The van der Waals surface area contributed by atoms with Gasteiger partial charge in [0.15, 0.2) is 0 Å². The van der Waals surface area contributed by atoms with E-state index in [-0.39, 0.29) is 20.9 Å². The van der Waals surface area contributed by atoms with E-state index in [2.05, 4.69) is 13.2 Å². The van der Waals surface area contributed by atoms with Crippen molar-refractivity contribution in [3.8, 4) is 11.5 Å². The maximum Gasteiger partial charge on any atom is 0.343 e. The summed E-state index contributed by atoms with van der Waals surface area (Å²) in [4.78, 5) is 25.3. The Hall–Kier alpha value is -4.75. The van der Waals surface area contributed by atoms with E-state index in [0.717, 1.165) is 11.1 Å². The zero-order valence-corrected chi connectivity index (χ0v) is 21.9. The van der Waals surface area contributed by atoms with E-state index in [0.29, 0.717) is 24.3 Å². The summed E-state index contributed by atoms with van der Waals surface area (Å²) in [5, 5.41) is 0. The van der Waals surface area contributed by atoms with Crippen LogP contribution in [0.3, 0.4) is 0 Å². The van der Waals surface area contributed by atoms with Crippen LogP contribution in [0.2, 0.25) is 0 Å². The molecule has 0 radical (unpaired) electrons. The summed E-state index contributed by atoms with van der Waals surface area (Å²) in [7, 11) is -3.90. The molecule has 196 valence electrons. The van der Waals surface area contributed by atoms with Crippen molar-refractivity contribution in [1.29, 1.82) is 0 Å². The van der Waals surface area contributed by atoms with Gasteiger partial charge in [-0.15, -0.1) is 13.2 Å². The van der Waals surface area contributed by atoms with Crippen LogP contribution < -0.4 is 9.47 Å². The molecule has 0 aliphatic rings. The molecule has 0 bridgehead atoms. The van der Waals surface area contributed by atoms with Crippen molar-refractivity contribution in [2.75, 3.05) is 0 Å². The summed E-state index contributed by atoms with van der Waals surface area (Å²) >= 11 is 0. The van der Waals surface area contributed by atoms with Crippen molar-refractivity contribution >= 4 is 21.8 Å². The molecule has 0 heterocycles. The lowest BCUT2D eigenvalue weighted by Gasteiger charge is -2.10. The van der Waals surface area contributed by atoms with Crippen LogP contribution in [-0.2, 0) is 22.7 Å². The van der Waals surface area contributed by atoms with Gasteiger partial charge in [0.25, 0.3) is 0 Å².